The molecule has 0 bridgehead atoms. The number of benzene rings is 3. The van der Waals surface area contributed by atoms with Crippen molar-refractivity contribution in [3.63, 3.8) is 0 Å². The standard InChI is InChI=1S/C22H19ClN2O3/c23-18-11-9-16(10-12-18)14-24-21(26)15-28-20-8-4-7-19(13-20)25-22(27)17-5-2-1-3-6-17/h1-13H,14-15H2,(H,24,26)(H,25,27). The van der Waals surface area contributed by atoms with Crippen molar-refractivity contribution in [1.29, 1.82) is 0 Å². The molecule has 0 unspecified atom stereocenters. The van der Waals surface area contributed by atoms with Crippen LogP contribution in [0.15, 0.2) is 78.9 Å². The first kappa shape index (κ1) is 19.5. The number of hydrogen-bond donors (Lipinski definition) is 2. The minimum Gasteiger partial charge on any atom is -0.484 e. The van der Waals surface area contributed by atoms with Crippen LogP contribution >= 0.6 is 11.6 Å². The quantitative estimate of drug-likeness (QED) is 0.628. The molecule has 28 heavy (non-hydrogen) atoms. The lowest BCUT2D eigenvalue weighted by molar-refractivity contribution is -0.123. The number of ether oxygens (including phenoxy) is 1. The molecule has 0 spiro atoms. The predicted molar refractivity (Wildman–Crippen MR) is 110 cm³/mol. The number of carbonyl (C=O) groups is 2. The summed E-state index contributed by atoms with van der Waals surface area (Å²) >= 11 is 5.84. The molecule has 3 aromatic carbocycles. The monoisotopic (exact) mass is 394 g/mol. The van der Waals surface area contributed by atoms with E-state index in [1.54, 1.807) is 60.7 Å². The zero-order valence-corrected chi connectivity index (χ0v) is 15.8. The lowest BCUT2D eigenvalue weighted by Crippen LogP contribution is -2.28. The molecule has 3 rings (SSSR count). The van der Waals surface area contributed by atoms with Crippen LogP contribution in [0.25, 0.3) is 0 Å². The molecule has 0 heterocycles. The minimum atomic E-state index is -0.242. The zero-order chi connectivity index (χ0) is 19.8. The fraction of sp³-hybridized carbons (Fsp3) is 0.0909. The molecule has 0 atom stereocenters. The van der Waals surface area contributed by atoms with E-state index in [4.69, 9.17) is 16.3 Å². The van der Waals surface area contributed by atoms with Crippen LogP contribution in [0.3, 0.4) is 0 Å². The molecular weight excluding hydrogens is 376 g/mol. The number of nitrogens with one attached hydrogen (secondary N) is 2. The molecule has 0 aliphatic rings. The number of halogens is 1. The van der Waals surface area contributed by atoms with Crippen molar-refractivity contribution in [1.82, 2.24) is 5.32 Å². The maximum absolute atomic E-state index is 12.2. The summed E-state index contributed by atoms with van der Waals surface area (Å²) in [7, 11) is 0. The second-order valence-electron chi connectivity index (χ2n) is 6.04. The fourth-order valence-corrected chi connectivity index (χ4v) is 2.59. The third-order valence-electron chi connectivity index (χ3n) is 3.90. The van der Waals surface area contributed by atoms with Crippen molar-refractivity contribution in [3.8, 4) is 5.75 Å². The molecule has 0 fully saturated rings. The average Bonchev–Trinajstić information content (AvgIpc) is 2.73. The number of anilines is 1. The maximum Gasteiger partial charge on any atom is 0.258 e. The highest BCUT2D eigenvalue weighted by atomic mass is 35.5. The van der Waals surface area contributed by atoms with Gasteiger partial charge in [0.05, 0.1) is 0 Å². The van der Waals surface area contributed by atoms with Gasteiger partial charge in [-0.05, 0) is 42.0 Å². The van der Waals surface area contributed by atoms with E-state index in [0.29, 0.717) is 28.6 Å². The molecule has 142 valence electrons. The maximum atomic E-state index is 12.2. The first-order valence-corrected chi connectivity index (χ1v) is 9.08. The average molecular weight is 395 g/mol. The van der Waals surface area contributed by atoms with Crippen LogP contribution in [0.2, 0.25) is 5.02 Å². The Morgan fingerprint density at radius 3 is 2.39 bits per heavy atom. The number of rotatable bonds is 7. The summed E-state index contributed by atoms with van der Waals surface area (Å²) in [6.45, 7) is 0.274. The van der Waals surface area contributed by atoms with Crippen LogP contribution in [0.5, 0.6) is 5.75 Å². The summed E-state index contributed by atoms with van der Waals surface area (Å²) in [5.74, 6) is 0.0413. The van der Waals surface area contributed by atoms with Crippen molar-refractivity contribution in [3.05, 3.63) is 95.0 Å². The van der Waals surface area contributed by atoms with Gasteiger partial charge >= 0.3 is 0 Å². The van der Waals surface area contributed by atoms with Crippen molar-refractivity contribution in [2.24, 2.45) is 0 Å². The van der Waals surface area contributed by atoms with Gasteiger partial charge in [-0.1, -0.05) is 48.0 Å². The molecule has 0 aromatic heterocycles. The zero-order valence-electron chi connectivity index (χ0n) is 15.0. The van der Waals surface area contributed by atoms with Gasteiger partial charge in [-0.15, -0.1) is 0 Å². The van der Waals surface area contributed by atoms with Gasteiger partial charge in [-0.25, -0.2) is 0 Å². The van der Waals surface area contributed by atoms with Gasteiger partial charge in [0.25, 0.3) is 11.8 Å². The summed E-state index contributed by atoms with van der Waals surface area (Å²) in [6.07, 6.45) is 0. The highest BCUT2D eigenvalue weighted by Gasteiger charge is 2.07. The van der Waals surface area contributed by atoms with E-state index in [1.165, 1.54) is 0 Å². The lowest BCUT2D eigenvalue weighted by Gasteiger charge is -2.10. The van der Waals surface area contributed by atoms with Crippen molar-refractivity contribution < 1.29 is 14.3 Å². The third kappa shape index (κ3) is 5.86. The second kappa shape index (κ2) is 9.58. The number of carbonyl (C=O) groups excluding carboxylic acids is 2. The van der Waals surface area contributed by atoms with Crippen LogP contribution in [0.4, 0.5) is 5.69 Å². The molecule has 2 N–H and O–H groups in total. The topological polar surface area (TPSA) is 67.4 Å². The Morgan fingerprint density at radius 2 is 1.64 bits per heavy atom. The fourth-order valence-electron chi connectivity index (χ4n) is 2.46. The first-order chi connectivity index (χ1) is 13.6. The number of hydrogen-bond acceptors (Lipinski definition) is 3. The lowest BCUT2D eigenvalue weighted by atomic mass is 10.2. The van der Waals surface area contributed by atoms with E-state index in [0.717, 1.165) is 5.56 Å². The summed E-state index contributed by atoms with van der Waals surface area (Å²) < 4.78 is 5.52. The van der Waals surface area contributed by atoms with Crippen molar-refractivity contribution >= 4 is 29.1 Å². The predicted octanol–water partition coefficient (Wildman–Crippen LogP) is 4.29. The molecule has 0 radical (unpaired) electrons. The van der Waals surface area contributed by atoms with Gasteiger partial charge in [0.1, 0.15) is 5.75 Å². The van der Waals surface area contributed by atoms with E-state index in [9.17, 15) is 9.59 Å². The van der Waals surface area contributed by atoms with Crippen molar-refractivity contribution in [2.45, 2.75) is 6.54 Å². The molecule has 0 aliphatic carbocycles. The van der Waals surface area contributed by atoms with Gasteiger partial charge in [0, 0.05) is 28.9 Å². The number of amides is 2. The van der Waals surface area contributed by atoms with E-state index in [2.05, 4.69) is 10.6 Å². The van der Waals surface area contributed by atoms with Gasteiger partial charge in [-0.3, -0.25) is 9.59 Å². The Hall–Kier alpha value is -3.31. The molecule has 5 nitrogen and oxygen atoms in total. The highest BCUT2D eigenvalue weighted by molar-refractivity contribution is 6.30. The van der Waals surface area contributed by atoms with Gasteiger partial charge in [-0.2, -0.15) is 0 Å². The molecule has 0 saturated carbocycles. The summed E-state index contributed by atoms with van der Waals surface area (Å²) in [5, 5.41) is 6.24. The van der Waals surface area contributed by atoms with E-state index in [-0.39, 0.29) is 18.4 Å². The minimum absolute atomic E-state index is 0.121. The SMILES string of the molecule is O=C(COc1cccc(NC(=O)c2ccccc2)c1)NCc1ccc(Cl)cc1. The summed E-state index contributed by atoms with van der Waals surface area (Å²) in [5.41, 5.74) is 2.10. The second-order valence-corrected chi connectivity index (χ2v) is 6.48. The van der Waals surface area contributed by atoms with E-state index in [1.807, 2.05) is 18.2 Å². The summed E-state index contributed by atoms with van der Waals surface area (Å²) in [4.78, 5) is 24.2. The Bertz CT molecular complexity index is 944. The molecule has 0 aliphatic heterocycles. The Balaban J connectivity index is 1.49. The summed E-state index contributed by atoms with van der Waals surface area (Å²) in [6, 6.07) is 23.1. The van der Waals surface area contributed by atoms with Gasteiger partial charge in [0.15, 0.2) is 6.61 Å². The van der Waals surface area contributed by atoms with E-state index >= 15 is 0 Å². The largest absolute Gasteiger partial charge is 0.484 e. The Kier molecular flexibility index (Phi) is 6.65. The first-order valence-electron chi connectivity index (χ1n) is 8.70. The molecule has 6 heteroatoms. The van der Waals surface area contributed by atoms with Crippen LogP contribution < -0.4 is 15.4 Å². The van der Waals surface area contributed by atoms with Gasteiger partial charge in [0.2, 0.25) is 0 Å². The molecule has 3 aromatic rings. The Labute approximate surface area is 168 Å². The molecule has 0 saturated heterocycles. The molecular formula is C22H19ClN2O3. The van der Waals surface area contributed by atoms with E-state index < -0.39 is 0 Å². The highest BCUT2D eigenvalue weighted by Crippen LogP contribution is 2.18. The third-order valence-corrected chi connectivity index (χ3v) is 4.15. The Morgan fingerprint density at radius 1 is 0.893 bits per heavy atom. The van der Waals surface area contributed by atoms with Gasteiger partial charge < -0.3 is 15.4 Å². The molecule has 2 amide bonds. The normalized spacial score (nSPS) is 10.2. The van der Waals surface area contributed by atoms with Crippen LogP contribution in [-0.4, -0.2) is 18.4 Å². The van der Waals surface area contributed by atoms with Crippen molar-refractivity contribution in [2.75, 3.05) is 11.9 Å². The van der Waals surface area contributed by atoms with Crippen LogP contribution in [0, 0.1) is 0 Å². The van der Waals surface area contributed by atoms with Crippen LogP contribution in [0.1, 0.15) is 15.9 Å². The van der Waals surface area contributed by atoms with Crippen LogP contribution in [-0.2, 0) is 11.3 Å². The smallest absolute Gasteiger partial charge is 0.258 e.